The zero-order valence-corrected chi connectivity index (χ0v) is 16.3. The van der Waals surface area contributed by atoms with E-state index >= 15 is 13.2 Å². The van der Waals surface area contributed by atoms with E-state index in [4.69, 9.17) is 10.8 Å². The summed E-state index contributed by atoms with van der Waals surface area (Å²) in [6, 6.07) is 4.51. The zero-order chi connectivity index (χ0) is 22.5. The Labute approximate surface area is 172 Å². The Morgan fingerprint density at radius 3 is 2.52 bits per heavy atom. The lowest BCUT2D eigenvalue weighted by molar-refractivity contribution is 0.0613. The third-order valence-electron chi connectivity index (χ3n) is 4.71. The van der Waals surface area contributed by atoms with Crippen molar-refractivity contribution in [3.8, 4) is 11.1 Å². The molecule has 158 valence electrons. The summed E-state index contributed by atoms with van der Waals surface area (Å²) in [5, 5.41) is 22.9. The number of hydrogen-bond acceptors (Lipinski definition) is 5. The molecule has 0 bridgehead atoms. The first-order valence-electron chi connectivity index (χ1n) is 8.95. The average Bonchev–Trinajstić information content (AvgIpc) is 3.15. The molecule has 31 heavy (non-hydrogen) atoms. The highest BCUT2D eigenvalue weighted by atomic mass is 19.3. The molecule has 0 saturated heterocycles. The number of nitrogens with zero attached hydrogens (tertiary/aromatic N) is 5. The van der Waals surface area contributed by atoms with Crippen molar-refractivity contribution in [2.75, 3.05) is 0 Å². The van der Waals surface area contributed by atoms with Crippen LogP contribution in [0.1, 0.15) is 11.3 Å². The summed E-state index contributed by atoms with van der Waals surface area (Å²) in [5.41, 5.74) is -1.07. The first kappa shape index (κ1) is 20.4. The first-order valence-corrected chi connectivity index (χ1v) is 8.95. The van der Waals surface area contributed by atoms with E-state index in [0.717, 1.165) is 6.07 Å². The summed E-state index contributed by atoms with van der Waals surface area (Å²) < 4.78 is 62.0. The number of pyridine rings is 1. The summed E-state index contributed by atoms with van der Waals surface area (Å²) >= 11 is 0. The number of alkyl halides is 2. The minimum absolute atomic E-state index is 0.156. The molecule has 0 saturated carbocycles. The zero-order valence-electron chi connectivity index (χ0n) is 16.3. The lowest BCUT2D eigenvalue weighted by Crippen LogP contribution is -2.40. The van der Waals surface area contributed by atoms with E-state index in [1.807, 2.05) is 0 Å². The Kier molecular flexibility index (Phi) is 4.68. The van der Waals surface area contributed by atoms with Crippen molar-refractivity contribution in [3.63, 3.8) is 0 Å². The summed E-state index contributed by atoms with van der Waals surface area (Å²) in [6.07, 6.45) is 4.48. The first-order chi connectivity index (χ1) is 14.6. The maximum atomic E-state index is 15.2. The van der Waals surface area contributed by atoms with E-state index in [9.17, 15) is 4.39 Å². The number of aromatic nitrogens is 5. The molecule has 4 rings (SSSR count). The van der Waals surface area contributed by atoms with Crippen molar-refractivity contribution < 1.29 is 17.6 Å². The predicted molar refractivity (Wildman–Crippen MR) is 104 cm³/mol. The van der Waals surface area contributed by atoms with Gasteiger partial charge in [-0.2, -0.15) is 23.7 Å². The SMILES string of the molecule is Cc1ccc(=N)n(C(=N)C(F)(F)c2c(F)cc3ncc(-c4cnn(C)c4)cc3c2F)n1. The molecule has 0 radical (unpaired) electrons. The highest BCUT2D eigenvalue weighted by Gasteiger charge is 2.45. The summed E-state index contributed by atoms with van der Waals surface area (Å²) in [4.78, 5) is 3.98. The molecule has 3 heterocycles. The molecule has 11 heteroatoms. The monoisotopic (exact) mass is 429 g/mol. The highest BCUT2D eigenvalue weighted by molar-refractivity contribution is 5.91. The quantitative estimate of drug-likeness (QED) is 0.296. The molecule has 0 aliphatic carbocycles. The predicted octanol–water partition coefficient (Wildman–Crippen LogP) is 3.52. The molecule has 0 spiro atoms. The number of halogens is 4. The van der Waals surface area contributed by atoms with Gasteiger partial charge >= 0.3 is 5.92 Å². The largest absolute Gasteiger partial charge is 0.336 e. The number of rotatable bonds is 3. The Morgan fingerprint density at radius 2 is 1.84 bits per heavy atom. The van der Waals surface area contributed by atoms with Gasteiger partial charge in [-0.3, -0.25) is 20.5 Å². The van der Waals surface area contributed by atoms with Crippen molar-refractivity contribution in [1.29, 1.82) is 10.8 Å². The molecule has 3 aromatic heterocycles. The number of nitrogens with one attached hydrogen (secondary N) is 2. The smallest absolute Gasteiger partial charge is 0.283 e. The Morgan fingerprint density at radius 1 is 1.10 bits per heavy atom. The van der Waals surface area contributed by atoms with E-state index in [1.54, 1.807) is 13.2 Å². The molecule has 7 nitrogen and oxygen atoms in total. The second-order valence-electron chi connectivity index (χ2n) is 6.94. The van der Waals surface area contributed by atoms with Crippen LogP contribution in [0.5, 0.6) is 0 Å². The van der Waals surface area contributed by atoms with Gasteiger partial charge in [0.25, 0.3) is 0 Å². The van der Waals surface area contributed by atoms with Gasteiger partial charge < -0.3 is 0 Å². The standard InChI is InChI=1S/C20H15F4N7/c1-10-3-4-16(25)31(29-10)19(26)20(23,24)17-14(21)6-15-13(18(17)22)5-11(7-27-15)12-8-28-30(2)9-12/h3-9,25-26H,1-2H3. The van der Waals surface area contributed by atoms with Crippen molar-refractivity contribution in [2.45, 2.75) is 12.8 Å². The summed E-state index contributed by atoms with van der Waals surface area (Å²) in [7, 11) is 1.68. The van der Waals surface area contributed by atoms with Crippen LogP contribution in [0.3, 0.4) is 0 Å². The third kappa shape index (κ3) is 3.37. The van der Waals surface area contributed by atoms with Gasteiger partial charge in [-0.1, -0.05) is 0 Å². The maximum absolute atomic E-state index is 15.2. The van der Waals surface area contributed by atoms with Gasteiger partial charge in [0.05, 0.1) is 17.4 Å². The second-order valence-corrected chi connectivity index (χ2v) is 6.94. The van der Waals surface area contributed by atoms with Gasteiger partial charge in [-0.15, -0.1) is 0 Å². The number of benzene rings is 1. The van der Waals surface area contributed by atoms with Crippen LogP contribution in [0.25, 0.3) is 22.0 Å². The molecular weight excluding hydrogens is 414 g/mol. The van der Waals surface area contributed by atoms with E-state index in [2.05, 4.69) is 15.2 Å². The van der Waals surface area contributed by atoms with Crippen LogP contribution in [0.2, 0.25) is 0 Å². The molecule has 0 aliphatic rings. The lowest BCUT2D eigenvalue weighted by Gasteiger charge is -2.21. The molecule has 2 N–H and O–H groups in total. The second kappa shape index (κ2) is 7.11. The van der Waals surface area contributed by atoms with Crippen LogP contribution >= 0.6 is 0 Å². The van der Waals surface area contributed by atoms with Gasteiger partial charge in [0.1, 0.15) is 22.7 Å². The molecule has 0 fully saturated rings. The van der Waals surface area contributed by atoms with Gasteiger partial charge in [-0.25, -0.2) is 8.78 Å². The van der Waals surface area contributed by atoms with Crippen molar-refractivity contribution in [3.05, 3.63) is 71.2 Å². The third-order valence-corrected chi connectivity index (χ3v) is 4.71. The Balaban J connectivity index is 1.90. The Bertz CT molecular complexity index is 1400. The Hall–Kier alpha value is -3.89. The number of fused-ring (bicyclic) bond motifs is 1. The van der Waals surface area contributed by atoms with Crippen molar-refractivity contribution in [1.82, 2.24) is 24.5 Å². The van der Waals surface area contributed by atoms with E-state index in [0.29, 0.717) is 21.9 Å². The van der Waals surface area contributed by atoms with Crippen LogP contribution in [0, 0.1) is 29.4 Å². The fourth-order valence-electron chi connectivity index (χ4n) is 3.15. The minimum Gasteiger partial charge on any atom is -0.283 e. The van der Waals surface area contributed by atoms with Crippen molar-refractivity contribution >= 4 is 16.7 Å². The topological polar surface area (TPSA) is 96.2 Å². The summed E-state index contributed by atoms with van der Waals surface area (Å²) in [6.45, 7) is 1.48. The van der Waals surface area contributed by atoms with Gasteiger partial charge in [0, 0.05) is 42.0 Å². The van der Waals surface area contributed by atoms with Gasteiger partial charge in [0.2, 0.25) is 0 Å². The molecule has 0 unspecified atom stereocenters. The lowest BCUT2D eigenvalue weighted by atomic mass is 10.0. The van der Waals surface area contributed by atoms with E-state index in [1.165, 1.54) is 36.1 Å². The minimum atomic E-state index is -4.41. The van der Waals surface area contributed by atoms with Crippen LogP contribution in [0.15, 0.2) is 42.9 Å². The molecule has 4 aromatic rings. The fraction of sp³-hybridized carbons (Fsp3) is 0.150. The van der Waals surface area contributed by atoms with Crippen LogP contribution in [-0.4, -0.2) is 30.4 Å². The number of hydrogen-bond donors (Lipinski definition) is 2. The fourth-order valence-corrected chi connectivity index (χ4v) is 3.15. The molecule has 0 aliphatic heterocycles. The van der Waals surface area contributed by atoms with Crippen molar-refractivity contribution in [2.24, 2.45) is 7.05 Å². The van der Waals surface area contributed by atoms with Crippen LogP contribution in [0.4, 0.5) is 17.6 Å². The maximum Gasteiger partial charge on any atom is 0.336 e. The number of aryl methyl sites for hydroxylation is 2. The molecule has 0 amide bonds. The molecule has 1 aromatic carbocycles. The van der Waals surface area contributed by atoms with Gasteiger partial charge in [0.15, 0.2) is 5.84 Å². The average molecular weight is 429 g/mol. The molecular formula is C20H15F4N7. The summed E-state index contributed by atoms with van der Waals surface area (Å²) in [5.74, 6) is -9.05. The van der Waals surface area contributed by atoms with Crippen LogP contribution in [-0.2, 0) is 13.0 Å². The van der Waals surface area contributed by atoms with Gasteiger partial charge in [-0.05, 0) is 25.1 Å². The molecule has 0 atom stereocenters. The van der Waals surface area contributed by atoms with Crippen LogP contribution < -0.4 is 5.49 Å². The van der Waals surface area contributed by atoms with E-state index < -0.39 is 34.4 Å². The normalized spacial score (nSPS) is 11.8. The highest BCUT2D eigenvalue weighted by Crippen LogP contribution is 2.37. The van der Waals surface area contributed by atoms with E-state index in [-0.39, 0.29) is 16.6 Å².